The molecule has 1 saturated heterocycles. The molecule has 9 nitrogen and oxygen atoms in total. The van der Waals surface area contributed by atoms with E-state index < -0.39 is 23.4 Å². The summed E-state index contributed by atoms with van der Waals surface area (Å²) in [7, 11) is 1.49. The highest BCUT2D eigenvalue weighted by atomic mass is 19.4. The molecule has 1 amide bonds. The number of ketones is 1. The molecule has 2 aromatic heterocycles. The van der Waals surface area contributed by atoms with Crippen LogP contribution in [0.5, 0.6) is 5.75 Å². The van der Waals surface area contributed by atoms with Crippen molar-refractivity contribution in [2.24, 2.45) is 5.10 Å². The number of nitrogens with one attached hydrogen (secondary N) is 2. The Kier molecular flexibility index (Phi) is 6.89. The molecule has 2 N–H and O–H groups in total. The van der Waals surface area contributed by atoms with Crippen LogP contribution < -0.4 is 10.2 Å². The van der Waals surface area contributed by atoms with Gasteiger partial charge < -0.3 is 14.6 Å². The van der Waals surface area contributed by atoms with Gasteiger partial charge in [0.25, 0.3) is 11.7 Å². The van der Waals surface area contributed by atoms with Gasteiger partial charge in [-0.15, -0.1) is 0 Å². The molecule has 204 valence electrons. The molecular formula is C27H27F3N6O3. The number of rotatable bonds is 6. The summed E-state index contributed by atoms with van der Waals surface area (Å²) in [4.78, 5) is 37.1. The third-order valence-corrected chi connectivity index (χ3v) is 7.18. The van der Waals surface area contributed by atoms with Crippen LogP contribution in [0.25, 0.3) is 11.0 Å². The van der Waals surface area contributed by atoms with E-state index >= 15 is 0 Å². The number of aromatic amines is 1. The first-order chi connectivity index (χ1) is 18.6. The number of fused-ring (bicyclic) bond motifs is 1. The lowest BCUT2D eigenvalue weighted by molar-refractivity contribution is -0.185. The first kappa shape index (κ1) is 26.4. The molecule has 12 heteroatoms. The summed E-state index contributed by atoms with van der Waals surface area (Å²) in [5.41, 5.74) is 1.38. The molecule has 0 saturated carbocycles. The van der Waals surface area contributed by atoms with Crippen LogP contribution >= 0.6 is 0 Å². The number of hydrogen-bond acceptors (Lipinski definition) is 7. The summed E-state index contributed by atoms with van der Waals surface area (Å²) >= 11 is 0. The molecule has 0 bridgehead atoms. The fourth-order valence-corrected chi connectivity index (χ4v) is 5.12. The van der Waals surface area contributed by atoms with Crippen LogP contribution in [-0.2, 0) is 16.9 Å². The van der Waals surface area contributed by atoms with E-state index in [9.17, 15) is 22.8 Å². The van der Waals surface area contributed by atoms with Crippen LogP contribution in [0.2, 0.25) is 0 Å². The monoisotopic (exact) mass is 540 g/mol. The third kappa shape index (κ3) is 4.76. The van der Waals surface area contributed by atoms with Gasteiger partial charge in [-0.05, 0) is 36.3 Å². The van der Waals surface area contributed by atoms with Gasteiger partial charge in [-0.2, -0.15) is 18.3 Å². The van der Waals surface area contributed by atoms with Crippen LogP contribution in [-0.4, -0.2) is 76.6 Å². The van der Waals surface area contributed by atoms with Gasteiger partial charge in [0, 0.05) is 50.8 Å². The van der Waals surface area contributed by atoms with E-state index in [2.05, 4.69) is 25.4 Å². The molecule has 2 aliphatic heterocycles. The normalized spacial score (nSPS) is 21.7. The molecule has 0 radical (unpaired) electrons. The second-order valence-electron chi connectivity index (χ2n) is 9.60. The minimum atomic E-state index is -4.58. The molecule has 3 aromatic rings. The van der Waals surface area contributed by atoms with E-state index in [-0.39, 0.29) is 17.2 Å². The lowest BCUT2D eigenvalue weighted by atomic mass is 9.88. The van der Waals surface area contributed by atoms with Gasteiger partial charge in [0.05, 0.1) is 18.1 Å². The number of carbonyl (C=O) groups excluding carboxylic acids is 2. The summed E-state index contributed by atoms with van der Waals surface area (Å²) in [6, 6.07) is 7.62. The summed E-state index contributed by atoms with van der Waals surface area (Å²) in [6.07, 6.45) is 2.04. The van der Waals surface area contributed by atoms with Crippen molar-refractivity contribution in [3.8, 4) is 5.75 Å². The van der Waals surface area contributed by atoms with Crippen molar-refractivity contribution in [3.05, 3.63) is 71.6 Å². The van der Waals surface area contributed by atoms with Crippen molar-refractivity contribution in [2.75, 3.05) is 26.7 Å². The molecule has 4 heterocycles. The summed E-state index contributed by atoms with van der Waals surface area (Å²) in [6.45, 7) is 3.71. The van der Waals surface area contributed by atoms with Crippen LogP contribution in [0.1, 0.15) is 28.4 Å². The largest absolute Gasteiger partial charge is 0.496 e. The lowest BCUT2D eigenvalue weighted by Crippen LogP contribution is -2.55. The summed E-state index contributed by atoms with van der Waals surface area (Å²) in [5.74, 6) is -0.798. The lowest BCUT2D eigenvalue weighted by Gasteiger charge is -2.39. The fraction of sp³-hybridized carbons (Fsp3) is 0.333. The molecule has 2 atom stereocenters. The van der Waals surface area contributed by atoms with E-state index in [0.717, 1.165) is 11.6 Å². The zero-order valence-corrected chi connectivity index (χ0v) is 21.3. The minimum Gasteiger partial charge on any atom is -0.496 e. The number of benzene rings is 1. The summed E-state index contributed by atoms with van der Waals surface area (Å²) in [5, 5.41) is 4.08. The van der Waals surface area contributed by atoms with Gasteiger partial charge in [0.1, 0.15) is 11.4 Å². The zero-order valence-electron chi connectivity index (χ0n) is 21.3. The topological polar surface area (TPSA) is 103 Å². The number of alkyl halides is 3. The average Bonchev–Trinajstić information content (AvgIpc) is 3.37. The molecule has 1 unspecified atom stereocenters. The van der Waals surface area contributed by atoms with Gasteiger partial charge in [-0.25, -0.2) is 4.98 Å². The van der Waals surface area contributed by atoms with E-state index in [1.807, 2.05) is 6.92 Å². The van der Waals surface area contributed by atoms with Crippen molar-refractivity contribution < 1.29 is 27.5 Å². The van der Waals surface area contributed by atoms with Crippen molar-refractivity contribution in [1.82, 2.24) is 25.2 Å². The van der Waals surface area contributed by atoms with Gasteiger partial charge in [-0.1, -0.05) is 24.3 Å². The highest BCUT2D eigenvalue weighted by Gasteiger charge is 2.55. The van der Waals surface area contributed by atoms with Crippen LogP contribution in [0.4, 0.5) is 13.2 Å². The van der Waals surface area contributed by atoms with Crippen LogP contribution in [0.3, 0.4) is 0 Å². The minimum absolute atomic E-state index is 0.0401. The number of hydrogen-bond donors (Lipinski definition) is 2. The third-order valence-electron chi connectivity index (χ3n) is 7.18. The number of H-pyrrole nitrogens is 1. The molecular weight excluding hydrogens is 513 g/mol. The Hall–Kier alpha value is -4.19. The Morgan fingerprint density at radius 1 is 1.18 bits per heavy atom. The Balaban J connectivity index is 1.25. The quantitative estimate of drug-likeness (QED) is 0.367. The highest BCUT2D eigenvalue weighted by molar-refractivity contribution is 6.45. The maximum Gasteiger partial charge on any atom is 0.420 e. The Bertz CT molecular complexity index is 1450. The van der Waals surface area contributed by atoms with E-state index in [1.54, 1.807) is 29.3 Å². The molecule has 0 spiro atoms. The second kappa shape index (κ2) is 10.2. The number of carbonyl (C=O) groups is 2. The second-order valence-corrected chi connectivity index (χ2v) is 9.60. The maximum absolute atomic E-state index is 13.9. The predicted molar refractivity (Wildman–Crippen MR) is 138 cm³/mol. The van der Waals surface area contributed by atoms with E-state index in [0.29, 0.717) is 43.0 Å². The molecule has 39 heavy (non-hydrogen) atoms. The van der Waals surface area contributed by atoms with E-state index in [1.165, 1.54) is 37.7 Å². The van der Waals surface area contributed by atoms with Crippen molar-refractivity contribution >= 4 is 28.9 Å². The van der Waals surface area contributed by atoms with Gasteiger partial charge in [0.2, 0.25) is 0 Å². The Labute approximate surface area is 222 Å². The van der Waals surface area contributed by atoms with Gasteiger partial charge in [-0.3, -0.25) is 19.9 Å². The number of allylic oxidation sites excluding steroid dienone is 1. The Morgan fingerprint density at radius 2 is 1.95 bits per heavy atom. The fourth-order valence-electron chi connectivity index (χ4n) is 5.12. The Morgan fingerprint density at radius 3 is 2.59 bits per heavy atom. The number of ether oxygens (including phenoxy) is 1. The number of nitrogens with zero attached hydrogens (tertiary/aromatic N) is 4. The number of pyridine rings is 1. The van der Waals surface area contributed by atoms with Crippen molar-refractivity contribution in [3.63, 3.8) is 0 Å². The number of halogens is 3. The number of Topliss-reactive ketones (excluding diaryl/α,β-unsaturated/α-hetero) is 1. The standard InChI is InChI=1S/C27H27F3N6O3/c1-17-15-35(16-18-4-6-19(7-5-18)26(27(28,29)30)9-3-10-33-34-26)12-13-36(17)25(38)23(37)20-14-32-24-22(20)21(39-2)8-11-31-24/h3-11,14,17,34H,12-13,15-16H2,1-2H3,(H,31,32)/t17-,26?/m1/s1. The SMILES string of the molecule is COc1ccnc2[nH]cc(C(=O)C(=O)N3CCN(Cc4ccc(C5(C(F)(F)F)C=CC=NN5)cc4)C[C@H]3C)c12. The van der Waals surface area contributed by atoms with Gasteiger partial charge in [0.15, 0.2) is 5.54 Å². The number of methoxy groups -OCH3 is 1. The molecule has 2 aliphatic rings. The molecule has 5 rings (SSSR count). The summed E-state index contributed by atoms with van der Waals surface area (Å²) < 4.78 is 47.0. The maximum atomic E-state index is 13.9. The number of aromatic nitrogens is 2. The smallest absolute Gasteiger partial charge is 0.420 e. The number of hydrazone groups is 1. The van der Waals surface area contributed by atoms with Crippen LogP contribution in [0.15, 0.2) is 60.0 Å². The molecule has 1 aromatic carbocycles. The van der Waals surface area contributed by atoms with E-state index in [4.69, 9.17) is 4.74 Å². The number of piperazine rings is 1. The highest BCUT2D eigenvalue weighted by Crippen LogP contribution is 2.41. The molecule has 0 aliphatic carbocycles. The zero-order chi connectivity index (χ0) is 27.8. The van der Waals surface area contributed by atoms with Crippen molar-refractivity contribution in [2.45, 2.75) is 31.2 Å². The van der Waals surface area contributed by atoms with Crippen molar-refractivity contribution in [1.29, 1.82) is 0 Å². The first-order valence-electron chi connectivity index (χ1n) is 12.4. The first-order valence-corrected chi connectivity index (χ1v) is 12.4. The van der Waals surface area contributed by atoms with Gasteiger partial charge >= 0.3 is 6.18 Å². The molecule has 1 fully saturated rings. The number of amides is 1. The van der Waals surface area contributed by atoms with Crippen LogP contribution in [0, 0.1) is 0 Å². The average molecular weight is 541 g/mol. The predicted octanol–water partition coefficient (Wildman–Crippen LogP) is 3.39.